The van der Waals surface area contributed by atoms with Gasteiger partial charge in [-0.15, -0.1) is 5.10 Å². The monoisotopic (exact) mass is 355 g/mol. The summed E-state index contributed by atoms with van der Waals surface area (Å²) in [4.78, 5) is 24.6. The number of carbonyl (C=O) groups excluding carboxylic acids is 1. The molecule has 0 aliphatic rings. The van der Waals surface area contributed by atoms with E-state index in [1.165, 1.54) is 21.7 Å². The van der Waals surface area contributed by atoms with E-state index in [1.54, 1.807) is 26.1 Å². The van der Waals surface area contributed by atoms with Crippen LogP contribution in [-0.2, 0) is 6.54 Å². The highest BCUT2D eigenvalue weighted by atomic mass is 16.6. The van der Waals surface area contributed by atoms with E-state index in [4.69, 9.17) is 4.42 Å². The summed E-state index contributed by atoms with van der Waals surface area (Å²) in [5, 5.41) is 18.9. The number of amides is 1. The number of hydrogen-bond donors (Lipinski definition) is 0. The zero-order chi connectivity index (χ0) is 18.8. The maximum absolute atomic E-state index is 12.7. The first-order valence-electron chi connectivity index (χ1n) is 7.84. The van der Waals surface area contributed by atoms with E-state index in [0.717, 1.165) is 5.76 Å². The molecule has 9 heteroatoms. The predicted octanol–water partition coefficient (Wildman–Crippen LogP) is 2.66. The number of hydrogen-bond acceptors (Lipinski definition) is 6. The molecule has 26 heavy (non-hydrogen) atoms. The van der Waals surface area contributed by atoms with E-state index in [9.17, 15) is 14.9 Å². The smallest absolute Gasteiger partial charge is 0.276 e. The Kier molecular flexibility index (Phi) is 4.53. The highest BCUT2D eigenvalue weighted by molar-refractivity contribution is 5.93. The van der Waals surface area contributed by atoms with Crippen molar-refractivity contribution in [2.45, 2.75) is 20.4 Å². The first-order valence-corrected chi connectivity index (χ1v) is 7.84. The molecule has 9 nitrogen and oxygen atoms in total. The standard InChI is InChI=1S/C17H17N5O4/c1-11-7-8-15(26-11)10-20(3)17(23)16-12(2)21(19-18-16)13-5-4-6-14(9-13)22(24)25/h4-9H,10H2,1-3H3. The second-order valence-corrected chi connectivity index (χ2v) is 5.89. The normalized spacial score (nSPS) is 10.7. The Bertz CT molecular complexity index is 975. The third kappa shape index (κ3) is 3.32. The highest BCUT2D eigenvalue weighted by Crippen LogP contribution is 2.19. The Morgan fingerprint density at radius 1 is 1.31 bits per heavy atom. The van der Waals surface area contributed by atoms with Crippen molar-refractivity contribution in [3.63, 3.8) is 0 Å². The van der Waals surface area contributed by atoms with Crippen LogP contribution in [0.1, 0.15) is 27.7 Å². The molecule has 0 unspecified atom stereocenters. The SMILES string of the molecule is Cc1ccc(CN(C)C(=O)c2nnn(-c3cccc([N+](=O)[O-])c3)c2C)o1. The lowest BCUT2D eigenvalue weighted by molar-refractivity contribution is -0.384. The molecule has 1 amide bonds. The van der Waals surface area contributed by atoms with Crippen LogP contribution >= 0.6 is 0 Å². The van der Waals surface area contributed by atoms with E-state index in [1.807, 2.05) is 19.1 Å². The van der Waals surface area contributed by atoms with Gasteiger partial charge in [0.05, 0.1) is 22.8 Å². The van der Waals surface area contributed by atoms with Crippen LogP contribution in [0.15, 0.2) is 40.8 Å². The minimum atomic E-state index is -0.485. The average molecular weight is 355 g/mol. The van der Waals surface area contributed by atoms with E-state index >= 15 is 0 Å². The Morgan fingerprint density at radius 3 is 2.73 bits per heavy atom. The number of non-ortho nitro benzene ring substituents is 1. The molecule has 3 aromatic rings. The van der Waals surface area contributed by atoms with E-state index in [2.05, 4.69) is 10.3 Å². The van der Waals surface area contributed by atoms with Gasteiger partial charge in [0.25, 0.3) is 11.6 Å². The minimum absolute atomic E-state index is 0.0596. The van der Waals surface area contributed by atoms with Crippen molar-refractivity contribution >= 4 is 11.6 Å². The van der Waals surface area contributed by atoms with E-state index < -0.39 is 4.92 Å². The number of nitro benzene ring substituents is 1. The van der Waals surface area contributed by atoms with E-state index in [0.29, 0.717) is 23.7 Å². The average Bonchev–Trinajstić information content (AvgIpc) is 3.19. The van der Waals surface area contributed by atoms with Crippen LogP contribution in [0, 0.1) is 24.0 Å². The summed E-state index contributed by atoms with van der Waals surface area (Å²) < 4.78 is 6.89. The molecule has 2 aromatic heterocycles. The maximum atomic E-state index is 12.7. The number of aromatic nitrogens is 3. The van der Waals surface area contributed by atoms with Gasteiger partial charge in [-0.25, -0.2) is 4.68 Å². The van der Waals surface area contributed by atoms with Gasteiger partial charge in [0.1, 0.15) is 11.5 Å². The zero-order valence-electron chi connectivity index (χ0n) is 14.5. The molecule has 0 spiro atoms. The fourth-order valence-corrected chi connectivity index (χ4v) is 2.57. The number of rotatable bonds is 5. The van der Waals surface area contributed by atoms with Gasteiger partial charge >= 0.3 is 0 Å². The second kappa shape index (κ2) is 6.79. The number of benzene rings is 1. The van der Waals surface area contributed by atoms with Gasteiger partial charge in [-0.3, -0.25) is 14.9 Å². The number of aryl methyl sites for hydroxylation is 1. The molecular formula is C17H17N5O4. The molecular weight excluding hydrogens is 338 g/mol. The largest absolute Gasteiger partial charge is 0.464 e. The van der Waals surface area contributed by atoms with Gasteiger partial charge in [0.2, 0.25) is 0 Å². The quantitative estimate of drug-likeness (QED) is 0.514. The van der Waals surface area contributed by atoms with Crippen molar-refractivity contribution in [1.29, 1.82) is 0 Å². The van der Waals surface area contributed by atoms with Crippen molar-refractivity contribution in [3.8, 4) is 5.69 Å². The summed E-state index contributed by atoms with van der Waals surface area (Å²) in [6, 6.07) is 9.63. The van der Waals surface area contributed by atoms with Gasteiger partial charge in [-0.2, -0.15) is 0 Å². The maximum Gasteiger partial charge on any atom is 0.276 e. The molecule has 2 heterocycles. The van der Waals surface area contributed by atoms with Crippen LogP contribution in [-0.4, -0.2) is 37.8 Å². The Morgan fingerprint density at radius 2 is 2.08 bits per heavy atom. The topological polar surface area (TPSA) is 107 Å². The molecule has 0 bridgehead atoms. The molecule has 0 aliphatic heterocycles. The molecule has 0 fully saturated rings. The summed E-state index contributed by atoms with van der Waals surface area (Å²) in [6.45, 7) is 3.83. The van der Waals surface area contributed by atoms with Crippen molar-refractivity contribution in [3.05, 3.63) is 69.4 Å². The van der Waals surface area contributed by atoms with Crippen molar-refractivity contribution in [2.24, 2.45) is 0 Å². The fourth-order valence-electron chi connectivity index (χ4n) is 2.57. The van der Waals surface area contributed by atoms with E-state index in [-0.39, 0.29) is 17.3 Å². The minimum Gasteiger partial charge on any atom is -0.464 e. The van der Waals surface area contributed by atoms with Crippen molar-refractivity contribution < 1.29 is 14.1 Å². The highest BCUT2D eigenvalue weighted by Gasteiger charge is 2.22. The molecule has 0 saturated heterocycles. The summed E-state index contributed by atoms with van der Waals surface area (Å²) in [5.74, 6) is 1.13. The van der Waals surface area contributed by atoms with Gasteiger partial charge in [-0.1, -0.05) is 11.3 Å². The van der Waals surface area contributed by atoms with Crippen molar-refractivity contribution in [1.82, 2.24) is 19.9 Å². The molecule has 0 atom stereocenters. The molecule has 0 radical (unpaired) electrons. The number of furan rings is 1. The summed E-state index contributed by atoms with van der Waals surface area (Å²) in [7, 11) is 1.64. The third-order valence-electron chi connectivity index (χ3n) is 3.92. The van der Waals surface area contributed by atoms with Gasteiger partial charge < -0.3 is 9.32 Å². The van der Waals surface area contributed by atoms with Gasteiger partial charge in [-0.05, 0) is 32.0 Å². The number of nitrogens with zero attached hydrogens (tertiary/aromatic N) is 5. The molecule has 3 rings (SSSR count). The molecule has 0 saturated carbocycles. The van der Waals surface area contributed by atoms with Crippen LogP contribution in [0.2, 0.25) is 0 Å². The lowest BCUT2D eigenvalue weighted by Crippen LogP contribution is -2.27. The van der Waals surface area contributed by atoms with Gasteiger partial charge in [0, 0.05) is 19.2 Å². The predicted molar refractivity (Wildman–Crippen MR) is 92.0 cm³/mol. The van der Waals surface area contributed by atoms with Crippen LogP contribution < -0.4 is 0 Å². The van der Waals surface area contributed by atoms with Crippen molar-refractivity contribution in [2.75, 3.05) is 7.05 Å². The Balaban J connectivity index is 1.85. The Labute approximate surface area is 149 Å². The lowest BCUT2D eigenvalue weighted by Gasteiger charge is -2.14. The lowest BCUT2D eigenvalue weighted by atomic mass is 10.2. The Hall–Kier alpha value is -3.49. The van der Waals surface area contributed by atoms with Gasteiger partial charge in [0.15, 0.2) is 5.69 Å². The third-order valence-corrected chi connectivity index (χ3v) is 3.92. The first-order chi connectivity index (χ1) is 12.4. The number of carbonyl (C=O) groups is 1. The zero-order valence-corrected chi connectivity index (χ0v) is 14.5. The van der Waals surface area contributed by atoms with Crippen LogP contribution in [0.25, 0.3) is 5.69 Å². The fraction of sp³-hybridized carbons (Fsp3) is 0.235. The van der Waals surface area contributed by atoms with Crippen LogP contribution in [0.5, 0.6) is 0 Å². The number of nitro groups is 1. The molecule has 134 valence electrons. The summed E-state index contributed by atoms with van der Waals surface area (Å²) in [6.07, 6.45) is 0. The summed E-state index contributed by atoms with van der Waals surface area (Å²) in [5.41, 5.74) is 1.09. The van der Waals surface area contributed by atoms with Crippen LogP contribution in [0.3, 0.4) is 0 Å². The molecule has 0 aliphatic carbocycles. The van der Waals surface area contributed by atoms with Crippen LogP contribution in [0.4, 0.5) is 5.69 Å². The second-order valence-electron chi connectivity index (χ2n) is 5.89. The molecule has 0 N–H and O–H groups in total. The first kappa shape index (κ1) is 17.3. The summed E-state index contributed by atoms with van der Waals surface area (Å²) >= 11 is 0. The molecule has 1 aromatic carbocycles.